The highest BCUT2D eigenvalue weighted by atomic mass is 35.5. The van der Waals surface area contributed by atoms with Gasteiger partial charge in [0.1, 0.15) is 0 Å². The summed E-state index contributed by atoms with van der Waals surface area (Å²) in [6.07, 6.45) is -0.953. The lowest BCUT2D eigenvalue weighted by Crippen LogP contribution is -2.36. The normalized spacial score (nSPS) is 12.1. The van der Waals surface area contributed by atoms with Crippen molar-refractivity contribution in [3.05, 3.63) is 70.7 Å². The van der Waals surface area contributed by atoms with E-state index in [-0.39, 0.29) is 12.2 Å². The highest BCUT2D eigenvalue weighted by Gasteiger charge is 2.41. The molecule has 2 aromatic carbocycles. The zero-order chi connectivity index (χ0) is 22.3. The molecule has 0 fully saturated rings. The largest absolute Gasteiger partial charge is 0.462 e. The molecule has 0 radical (unpaired) electrons. The number of hydrogen-bond acceptors (Lipinski definition) is 5. The van der Waals surface area contributed by atoms with Crippen LogP contribution < -0.4 is 0 Å². The Hall–Kier alpha value is -2.66. The number of carbonyl (C=O) groups is 3. The van der Waals surface area contributed by atoms with Gasteiger partial charge in [-0.05, 0) is 39.3 Å². The maximum absolute atomic E-state index is 13.0. The first kappa shape index (κ1) is 23.6. The molecule has 30 heavy (non-hydrogen) atoms. The molecule has 2 rings (SSSR count). The van der Waals surface area contributed by atoms with Gasteiger partial charge in [-0.1, -0.05) is 60.1 Å². The summed E-state index contributed by atoms with van der Waals surface area (Å²) in [6.45, 7) is 6.79. The van der Waals surface area contributed by atoms with E-state index in [1.165, 1.54) is 0 Å². The van der Waals surface area contributed by atoms with Gasteiger partial charge in [-0.2, -0.15) is 0 Å². The van der Waals surface area contributed by atoms with Gasteiger partial charge in [0, 0.05) is 22.9 Å². The Bertz CT molecular complexity index is 854. The number of halogens is 1. The summed E-state index contributed by atoms with van der Waals surface area (Å²) in [5, 5.41) is 0.364. The van der Waals surface area contributed by atoms with Crippen LogP contribution in [0.15, 0.2) is 54.6 Å². The molecule has 0 spiro atoms. The first-order chi connectivity index (χ1) is 14.2. The second-order valence-electron chi connectivity index (χ2n) is 7.57. The van der Waals surface area contributed by atoms with Crippen molar-refractivity contribution in [3.8, 4) is 0 Å². The lowest BCUT2D eigenvalue weighted by Gasteiger charge is -2.26. The average Bonchev–Trinajstić information content (AvgIpc) is 2.67. The number of carbonyl (C=O) groups excluding carboxylic acids is 3. The van der Waals surface area contributed by atoms with Crippen LogP contribution in [0.2, 0.25) is 5.02 Å². The second-order valence-corrected chi connectivity index (χ2v) is 7.98. The zero-order valence-electron chi connectivity index (χ0n) is 17.6. The predicted molar refractivity (Wildman–Crippen MR) is 116 cm³/mol. The third kappa shape index (κ3) is 6.42. The molecule has 0 heterocycles. The van der Waals surface area contributed by atoms with Crippen LogP contribution in [0.1, 0.15) is 56.0 Å². The Balaban J connectivity index is 2.51. The SMILES string of the molecule is CC(C)OC(=O)C(C(=O)OC(C)C)C(CC(=O)c1ccccc1)c1ccccc1Cl. The van der Waals surface area contributed by atoms with Crippen LogP contribution in [0.3, 0.4) is 0 Å². The smallest absolute Gasteiger partial charge is 0.321 e. The van der Waals surface area contributed by atoms with Crippen molar-refractivity contribution in [2.45, 2.75) is 52.2 Å². The van der Waals surface area contributed by atoms with E-state index in [1.54, 1.807) is 76.2 Å². The number of benzene rings is 2. The molecule has 0 aliphatic heterocycles. The van der Waals surface area contributed by atoms with E-state index in [2.05, 4.69) is 0 Å². The van der Waals surface area contributed by atoms with Gasteiger partial charge in [0.25, 0.3) is 0 Å². The fourth-order valence-electron chi connectivity index (χ4n) is 3.16. The van der Waals surface area contributed by atoms with E-state index in [1.807, 2.05) is 6.07 Å². The fourth-order valence-corrected chi connectivity index (χ4v) is 3.44. The fraction of sp³-hybridized carbons (Fsp3) is 0.375. The van der Waals surface area contributed by atoms with Crippen LogP contribution in [0.25, 0.3) is 0 Å². The van der Waals surface area contributed by atoms with Crippen LogP contribution in [-0.2, 0) is 19.1 Å². The molecule has 1 atom stereocenters. The number of ether oxygens (including phenoxy) is 2. The lowest BCUT2D eigenvalue weighted by molar-refractivity contribution is -0.167. The quantitative estimate of drug-likeness (QED) is 0.310. The van der Waals surface area contributed by atoms with Gasteiger partial charge in [0.15, 0.2) is 11.7 Å². The van der Waals surface area contributed by atoms with E-state index in [4.69, 9.17) is 21.1 Å². The Morgan fingerprint density at radius 1 is 0.800 bits per heavy atom. The van der Waals surface area contributed by atoms with E-state index in [0.717, 1.165) is 0 Å². The van der Waals surface area contributed by atoms with Crippen LogP contribution in [0.5, 0.6) is 0 Å². The molecule has 0 aromatic heterocycles. The van der Waals surface area contributed by atoms with Gasteiger partial charge in [0.2, 0.25) is 0 Å². The Kier molecular flexibility index (Phi) is 8.60. The monoisotopic (exact) mass is 430 g/mol. The maximum atomic E-state index is 13.0. The van der Waals surface area contributed by atoms with Crippen molar-refractivity contribution >= 4 is 29.3 Å². The summed E-state index contributed by atoms with van der Waals surface area (Å²) in [5.74, 6) is -3.82. The molecule has 0 saturated heterocycles. The zero-order valence-corrected chi connectivity index (χ0v) is 18.4. The maximum Gasteiger partial charge on any atom is 0.321 e. The highest BCUT2D eigenvalue weighted by molar-refractivity contribution is 6.31. The molecule has 2 aromatic rings. The molecule has 0 saturated carbocycles. The van der Waals surface area contributed by atoms with Crippen molar-refractivity contribution in [3.63, 3.8) is 0 Å². The van der Waals surface area contributed by atoms with Crippen molar-refractivity contribution in [1.29, 1.82) is 0 Å². The van der Waals surface area contributed by atoms with E-state index in [9.17, 15) is 14.4 Å². The topological polar surface area (TPSA) is 69.7 Å². The summed E-state index contributed by atoms with van der Waals surface area (Å²) in [7, 11) is 0. The van der Waals surface area contributed by atoms with Crippen LogP contribution >= 0.6 is 11.6 Å². The number of rotatable bonds is 9. The molecule has 0 amide bonds. The Labute approximate surface area is 182 Å². The van der Waals surface area contributed by atoms with Crippen molar-refractivity contribution < 1.29 is 23.9 Å². The highest BCUT2D eigenvalue weighted by Crippen LogP contribution is 2.36. The molecule has 1 unspecified atom stereocenters. The van der Waals surface area contributed by atoms with E-state index >= 15 is 0 Å². The summed E-state index contributed by atoms with van der Waals surface area (Å²) in [5.41, 5.74) is 1.01. The van der Waals surface area contributed by atoms with Crippen LogP contribution in [-0.4, -0.2) is 29.9 Å². The molecule has 160 valence electrons. The van der Waals surface area contributed by atoms with Crippen molar-refractivity contribution in [2.75, 3.05) is 0 Å². The standard InChI is InChI=1S/C24H27ClO5/c1-15(2)29-23(27)22(24(28)30-16(3)4)19(18-12-8-9-13-20(18)25)14-21(26)17-10-6-5-7-11-17/h5-13,15-16,19,22H,14H2,1-4H3. The van der Waals surface area contributed by atoms with Gasteiger partial charge >= 0.3 is 11.9 Å². The van der Waals surface area contributed by atoms with E-state index in [0.29, 0.717) is 16.1 Å². The summed E-state index contributed by atoms with van der Waals surface area (Å²) in [6, 6.07) is 15.6. The Morgan fingerprint density at radius 3 is 1.80 bits per heavy atom. The van der Waals surface area contributed by atoms with Crippen molar-refractivity contribution in [1.82, 2.24) is 0 Å². The third-order valence-corrected chi connectivity index (χ3v) is 4.76. The molecule has 0 N–H and O–H groups in total. The summed E-state index contributed by atoms with van der Waals surface area (Å²) >= 11 is 6.40. The first-order valence-corrected chi connectivity index (χ1v) is 10.3. The predicted octanol–water partition coefficient (Wildman–Crippen LogP) is 5.22. The van der Waals surface area contributed by atoms with Gasteiger partial charge in [-0.15, -0.1) is 0 Å². The minimum Gasteiger partial charge on any atom is -0.462 e. The summed E-state index contributed by atoms with van der Waals surface area (Å²) < 4.78 is 10.7. The average molecular weight is 431 g/mol. The molecule has 0 bridgehead atoms. The van der Waals surface area contributed by atoms with Crippen LogP contribution in [0, 0.1) is 5.92 Å². The molecular weight excluding hydrogens is 404 g/mol. The molecule has 0 aliphatic carbocycles. The second kappa shape index (κ2) is 10.9. The molecule has 5 nitrogen and oxygen atoms in total. The van der Waals surface area contributed by atoms with Gasteiger partial charge in [0.05, 0.1) is 12.2 Å². The molecule has 0 aliphatic rings. The van der Waals surface area contributed by atoms with Gasteiger partial charge in [-0.3, -0.25) is 14.4 Å². The number of hydrogen-bond donors (Lipinski definition) is 0. The number of esters is 2. The number of Topliss-reactive ketones (excluding diaryl/α,β-unsaturated/α-hetero) is 1. The Morgan fingerprint density at radius 2 is 1.30 bits per heavy atom. The number of ketones is 1. The molecule has 6 heteroatoms. The minimum absolute atomic E-state index is 0.0984. The van der Waals surface area contributed by atoms with Crippen molar-refractivity contribution in [2.24, 2.45) is 5.92 Å². The van der Waals surface area contributed by atoms with Crippen LogP contribution in [0.4, 0.5) is 0 Å². The lowest BCUT2D eigenvalue weighted by atomic mass is 9.81. The molecular formula is C24H27ClO5. The first-order valence-electron chi connectivity index (χ1n) is 9.94. The van der Waals surface area contributed by atoms with Gasteiger partial charge < -0.3 is 9.47 Å². The minimum atomic E-state index is -1.32. The third-order valence-electron chi connectivity index (χ3n) is 4.42. The van der Waals surface area contributed by atoms with E-state index < -0.39 is 36.0 Å². The summed E-state index contributed by atoms with van der Waals surface area (Å²) in [4.78, 5) is 38.9. The van der Waals surface area contributed by atoms with Gasteiger partial charge in [-0.25, -0.2) is 0 Å².